The van der Waals surface area contributed by atoms with Crippen LogP contribution in [-0.4, -0.2) is 20.1 Å². The number of aromatic hydroxyl groups is 1. The number of nitrogens with zero attached hydrogens (tertiary/aromatic N) is 2. The van der Waals surface area contributed by atoms with Gasteiger partial charge in [-0.3, -0.25) is 4.98 Å². The Labute approximate surface area is 133 Å². The summed E-state index contributed by atoms with van der Waals surface area (Å²) in [6, 6.07) is 9.01. The first-order valence-electron chi connectivity index (χ1n) is 7.05. The number of benzene rings is 1. The van der Waals surface area contributed by atoms with Crippen LogP contribution in [0.4, 0.5) is 0 Å². The summed E-state index contributed by atoms with van der Waals surface area (Å²) >= 11 is 5.89. The summed E-state index contributed by atoms with van der Waals surface area (Å²) in [5, 5.41) is 10.2. The number of H-pyrrole nitrogens is 1. The van der Waals surface area contributed by atoms with Crippen LogP contribution < -0.4 is 0 Å². The first-order valence-corrected chi connectivity index (χ1v) is 7.43. The number of imidazole rings is 1. The van der Waals surface area contributed by atoms with Crippen molar-refractivity contribution >= 4 is 11.6 Å². The second-order valence-corrected chi connectivity index (χ2v) is 5.81. The maximum atomic E-state index is 9.86. The van der Waals surface area contributed by atoms with Crippen LogP contribution in [0, 0.1) is 0 Å². The Kier molecular flexibility index (Phi) is 3.86. The summed E-state index contributed by atoms with van der Waals surface area (Å²) in [5.41, 5.74) is 3.52. The summed E-state index contributed by atoms with van der Waals surface area (Å²) in [4.78, 5) is 12.1. The first kappa shape index (κ1) is 14.6. The maximum Gasteiger partial charge on any atom is 0.134 e. The first-order chi connectivity index (χ1) is 10.6. The lowest BCUT2D eigenvalue weighted by atomic mass is 10.1. The third kappa shape index (κ3) is 2.70. The molecule has 3 aromatic rings. The smallest absolute Gasteiger partial charge is 0.134 e. The molecule has 0 amide bonds. The number of nitrogens with one attached hydrogen (secondary N) is 1. The molecule has 0 aliphatic rings. The molecule has 0 unspecified atom stereocenters. The molecule has 0 radical (unpaired) electrons. The summed E-state index contributed by atoms with van der Waals surface area (Å²) in [5.74, 6) is 1.22. The van der Waals surface area contributed by atoms with E-state index in [0.717, 1.165) is 28.3 Å². The molecule has 3 rings (SSSR count). The molecule has 0 atom stereocenters. The molecule has 4 nitrogen and oxygen atoms in total. The van der Waals surface area contributed by atoms with E-state index >= 15 is 0 Å². The van der Waals surface area contributed by atoms with Gasteiger partial charge in [0.15, 0.2) is 0 Å². The molecular formula is C17H16ClN3O. The molecule has 0 fully saturated rings. The van der Waals surface area contributed by atoms with Crippen molar-refractivity contribution in [2.24, 2.45) is 0 Å². The Hall–Kier alpha value is -2.33. The van der Waals surface area contributed by atoms with Gasteiger partial charge in [-0.2, -0.15) is 0 Å². The lowest BCUT2D eigenvalue weighted by Gasteiger charge is -2.04. The van der Waals surface area contributed by atoms with Crippen LogP contribution in [0.15, 0.2) is 42.7 Å². The number of phenols is 1. The minimum Gasteiger partial charge on any atom is -0.506 e. The topological polar surface area (TPSA) is 61.8 Å². The number of phenolic OH excluding ortho intramolecular Hbond substituents is 1. The van der Waals surface area contributed by atoms with Gasteiger partial charge in [-0.15, -0.1) is 0 Å². The number of aromatic nitrogens is 3. The number of halogens is 1. The fourth-order valence-electron chi connectivity index (χ4n) is 2.26. The molecule has 22 heavy (non-hydrogen) atoms. The van der Waals surface area contributed by atoms with Gasteiger partial charge in [-0.1, -0.05) is 31.5 Å². The number of hydrogen-bond acceptors (Lipinski definition) is 3. The van der Waals surface area contributed by atoms with E-state index < -0.39 is 0 Å². The molecule has 0 aliphatic heterocycles. The molecule has 1 aromatic carbocycles. The predicted octanol–water partition coefficient (Wildman–Crippen LogP) is 4.62. The van der Waals surface area contributed by atoms with E-state index in [1.54, 1.807) is 24.5 Å². The molecule has 0 saturated heterocycles. The van der Waals surface area contributed by atoms with E-state index in [-0.39, 0.29) is 11.7 Å². The SMILES string of the molecule is CC(C)c1nc(-c2ccc(Cl)c(O)c2)c(-c2ccncc2)[nH]1. The molecule has 2 aromatic heterocycles. The lowest BCUT2D eigenvalue weighted by molar-refractivity contribution is 0.476. The van der Waals surface area contributed by atoms with Gasteiger partial charge in [0, 0.05) is 29.4 Å². The fourth-order valence-corrected chi connectivity index (χ4v) is 2.38. The standard InChI is InChI=1S/C17H16ClN3O/c1-10(2)17-20-15(11-5-7-19-8-6-11)16(21-17)12-3-4-13(18)14(22)9-12/h3-10,22H,1-2H3,(H,20,21). The highest BCUT2D eigenvalue weighted by Crippen LogP contribution is 2.35. The number of hydrogen-bond donors (Lipinski definition) is 2. The van der Waals surface area contributed by atoms with E-state index in [4.69, 9.17) is 16.6 Å². The predicted molar refractivity (Wildman–Crippen MR) is 88.0 cm³/mol. The van der Waals surface area contributed by atoms with Crippen LogP contribution in [-0.2, 0) is 0 Å². The van der Waals surface area contributed by atoms with Crippen molar-refractivity contribution in [3.8, 4) is 28.3 Å². The van der Waals surface area contributed by atoms with Gasteiger partial charge in [-0.05, 0) is 24.3 Å². The molecule has 0 bridgehead atoms. The number of rotatable bonds is 3. The largest absolute Gasteiger partial charge is 0.506 e. The van der Waals surface area contributed by atoms with Crippen molar-refractivity contribution in [3.63, 3.8) is 0 Å². The number of pyridine rings is 1. The highest BCUT2D eigenvalue weighted by Gasteiger charge is 2.16. The number of aromatic amines is 1. The van der Waals surface area contributed by atoms with Crippen LogP contribution in [0.2, 0.25) is 5.02 Å². The normalized spacial score (nSPS) is 11.1. The van der Waals surface area contributed by atoms with E-state index in [1.165, 1.54) is 0 Å². The van der Waals surface area contributed by atoms with E-state index in [0.29, 0.717) is 5.02 Å². The zero-order valence-electron chi connectivity index (χ0n) is 12.3. The molecule has 5 heteroatoms. The van der Waals surface area contributed by atoms with Crippen LogP contribution in [0.1, 0.15) is 25.6 Å². The van der Waals surface area contributed by atoms with Crippen molar-refractivity contribution in [2.45, 2.75) is 19.8 Å². The molecule has 0 saturated carbocycles. The molecule has 2 heterocycles. The van der Waals surface area contributed by atoms with Gasteiger partial charge < -0.3 is 10.1 Å². The Bertz CT molecular complexity index is 797. The average Bonchev–Trinajstić information content (AvgIpc) is 2.96. The van der Waals surface area contributed by atoms with Crippen LogP contribution in [0.25, 0.3) is 22.5 Å². The Morgan fingerprint density at radius 3 is 2.45 bits per heavy atom. The van der Waals surface area contributed by atoms with Crippen LogP contribution in [0.5, 0.6) is 5.75 Å². The van der Waals surface area contributed by atoms with Crippen molar-refractivity contribution in [2.75, 3.05) is 0 Å². The van der Waals surface area contributed by atoms with Gasteiger partial charge in [0.05, 0.1) is 16.4 Å². The second kappa shape index (κ2) is 5.81. The summed E-state index contributed by atoms with van der Waals surface area (Å²) in [6.07, 6.45) is 3.49. The van der Waals surface area contributed by atoms with Gasteiger partial charge in [0.2, 0.25) is 0 Å². The van der Waals surface area contributed by atoms with E-state index in [1.807, 2.05) is 18.2 Å². The quantitative estimate of drug-likeness (QED) is 0.741. The molecule has 112 valence electrons. The fraction of sp³-hybridized carbons (Fsp3) is 0.176. The minimum absolute atomic E-state index is 0.0499. The third-order valence-electron chi connectivity index (χ3n) is 3.46. The van der Waals surface area contributed by atoms with Crippen LogP contribution >= 0.6 is 11.6 Å². The van der Waals surface area contributed by atoms with Gasteiger partial charge in [-0.25, -0.2) is 4.98 Å². The molecule has 2 N–H and O–H groups in total. The summed E-state index contributed by atoms with van der Waals surface area (Å²) < 4.78 is 0. The minimum atomic E-state index is 0.0499. The van der Waals surface area contributed by atoms with Crippen molar-refractivity contribution < 1.29 is 5.11 Å². The van der Waals surface area contributed by atoms with Crippen molar-refractivity contribution in [1.82, 2.24) is 15.0 Å². The zero-order valence-corrected chi connectivity index (χ0v) is 13.1. The molecule has 0 aliphatic carbocycles. The Balaban J connectivity index is 2.19. The van der Waals surface area contributed by atoms with Gasteiger partial charge in [0.1, 0.15) is 11.6 Å². The lowest BCUT2D eigenvalue weighted by Crippen LogP contribution is -1.89. The van der Waals surface area contributed by atoms with Gasteiger partial charge in [0.25, 0.3) is 0 Å². The highest BCUT2D eigenvalue weighted by molar-refractivity contribution is 6.32. The van der Waals surface area contributed by atoms with Crippen LogP contribution in [0.3, 0.4) is 0 Å². The Morgan fingerprint density at radius 2 is 1.82 bits per heavy atom. The van der Waals surface area contributed by atoms with E-state index in [2.05, 4.69) is 23.8 Å². The molecule has 0 spiro atoms. The van der Waals surface area contributed by atoms with Gasteiger partial charge >= 0.3 is 0 Å². The maximum absolute atomic E-state index is 9.86. The van der Waals surface area contributed by atoms with E-state index in [9.17, 15) is 5.11 Å². The zero-order chi connectivity index (χ0) is 15.7. The molecular weight excluding hydrogens is 298 g/mol. The van der Waals surface area contributed by atoms with Crippen molar-refractivity contribution in [3.05, 3.63) is 53.6 Å². The summed E-state index contributed by atoms with van der Waals surface area (Å²) in [6.45, 7) is 4.16. The third-order valence-corrected chi connectivity index (χ3v) is 3.78. The monoisotopic (exact) mass is 313 g/mol. The van der Waals surface area contributed by atoms with Crippen molar-refractivity contribution in [1.29, 1.82) is 0 Å². The summed E-state index contributed by atoms with van der Waals surface area (Å²) in [7, 11) is 0. The average molecular weight is 314 g/mol. The Morgan fingerprint density at radius 1 is 1.09 bits per heavy atom. The highest BCUT2D eigenvalue weighted by atomic mass is 35.5. The second-order valence-electron chi connectivity index (χ2n) is 5.40.